The Morgan fingerprint density at radius 3 is 2.72 bits per heavy atom. The molecule has 1 aromatic heterocycles. The van der Waals surface area contributed by atoms with Crippen molar-refractivity contribution < 1.29 is 0 Å². The van der Waals surface area contributed by atoms with E-state index < -0.39 is 0 Å². The quantitative estimate of drug-likeness (QED) is 0.839. The van der Waals surface area contributed by atoms with Crippen LogP contribution < -0.4 is 5.32 Å². The van der Waals surface area contributed by atoms with Crippen molar-refractivity contribution in [1.82, 2.24) is 15.1 Å². The molecule has 0 radical (unpaired) electrons. The summed E-state index contributed by atoms with van der Waals surface area (Å²) in [6, 6.07) is 3.44. The lowest BCUT2D eigenvalue weighted by molar-refractivity contribution is 0.447. The summed E-state index contributed by atoms with van der Waals surface area (Å²) >= 11 is 0. The molecule has 1 aromatic rings. The summed E-state index contributed by atoms with van der Waals surface area (Å²) in [6.07, 6.45) is 8.62. The van der Waals surface area contributed by atoms with E-state index in [2.05, 4.69) is 43.0 Å². The highest BCUT2D eigenvalue weighted by Crippen LogP contribution is 2.28. The Balaban J connectivity index is 1.82. The molecule has 1 saturated carbocycles. The number of aromatic nitrogens is 2. The minimum Gasteiger partial charge on any atom is -0.314 e. The van der Waals surface area contributed by atoms with Gasteiger partial charge in [0.2, 0.25) is 0 Å². The van der Waals surface area contributed by atoms with E-state index in [1.165, 1.54) is 31.4 Å². The first-order valence-electron chi connectivity index (χ1n) is 7.42. The zero-order chi connectivity index (χ0) is 13.0. The second-order valence-electron chi connectivity index (χ2n) is 6.10. The summed E-state index contributed by atoms with van der Waals surface area (Å²) in [5.41, 5.74) is 1.25. The van der Waals surface area contributed by atoms with Gasteiger partial charge < -0.3 is 5.32 Å². The standard InChI is InChI=1S/C15H27N3/c1-12(2)16-11-13(3)10-14-8-9-18(17-14)15-6-4-5-7-15/h8-9,12-13,15-16H,4-7,10-11H2,1-3H3. The van der Waals surface area contributed by atoms with Crippen molar-refractivity contribution in [2.24, 2.45) is 5.92 Å². The van der Waals surface area contributed by atoms with Crippen LogP contribution >= 0.6 is 0 Å². The minimum absolute atomic E-state index is 0.573. The third kappa shape index (κ3) is 3.84. The number of rotatable bonds is 6. The summed E-state index contributed by atoms with van der Waals surface area (Å²) in [4.78, 5) is 0. The minimum atomic E-state index is 0.573. The average molecular weight is 249 g/mol. The lowest BCUT2D eigenvalue weighted by Crippen LogP contribution is -2.28. The van der Waals surface area contributed by atoms with E-state index in [1.807, 2.05) is 0 Å². The Morgan fingerprint density at radius 1 is 1.33 bits per heavy atom. The van der Waals surface area contributed by atoms with Gasteiger partial charge in [0, 0.05) is 12.2 Å². The lowest BCUT2D eigenvalue weighted by atomic mass is 10.1. The molecule has 2 rings (SSSR count). The molecule has 18 heavy (non-hydrogen) atoms. The molecule has 3 heteroatoms. The number of hydrogen-bond donors (Lipinski definition) is 1. The predicted molar refractivity (Wildman–Crippen MR) is 75.7 cm³/mol. The summed E-state index contributed by atoms with van der Waals surface area (Å²) in [6.45, 7) is 7.76. The largest absolute Gasteiger partial charge is 0.314 e. The van der Waals surface area contributed by atoms with E-state index >= 15 is 0 Å². The molecule has 1 atom stereocenters. The first-order chi connectivity index (χ1) is 8.65. The molecule has 1 aliphatic rings. The molecule has 0 aromatic carbocycles. The number of nitrogens with one attached hydrogen (secondary N) is 1. The first kappa shape index (κ1) is 13.6. The molecule has 0 saturated heterocycles. The Labute approximate surface area is 111 Å². The van der Waals surface area contributed by atoms with Crippen molar-refractivity contribution in [3.05, 3.63) is 18.0 Å². The molecule has 1 heterocycles. The molecule has 102 valence electrons. The predicted octanol–water partition coefficient (Wildman–Crippen LogP) is 3.17. The van der Waals surface area contributed by atoms with E-state index in [9.17, 15) is 0 Å². The normalized spacial score (nSPS) is 18.7. The molecule has 0 bridgehead atoms. The van der Waals surface area contributed by atoms with E-state index in [0.717, 1.165) is 13.0 Å². The van der Waals surface area contributed by atoms with E-state index in [1.54, 1.807) is 0 Å². The highest BCUT2D eigenvalue weighted by Gasteiger charge is 2.17. The zero-order valence-corrected chi connectivity index (χ0v) is 12.0. The molecule has 0 aliphatic heterocycles. The van der Waals surface area contributed by atoms with Crippen LogP contribution in [0.3, 0.4) is 0 Å². The van der Waals surface area contributed by atoms with Crippen LogP contribution in [0.4, 0.5) is 0 Å². The van der Waals surface area contributed by atoms with Crippen molar-refractivity contribution in [2.45, 2.75) is 65.0 Å². The van der Waals surface area contributed by atoms with Gasteiger partial charge in [-0.2, -0.15) is 5.10 Å². The topological polar surface area (TPSA) is 29.9 Å². The maximum absolute atomic E-state index is 4.75. The van der Waals surface area contributed by atoms with Crippen molar-refractivity contribution in [3.8, 4) is 0 Å². The van der Waals surface area contributed by atoms with Gasteiger partial charge in [-0.1, -0.05) is 33.6 Å². The molecule has 0 spiro atoms. The molecule has 1 aliphatic carbocycles. The van der Waals surface area contributed by atoms with E-state index in [0.29, 0.717) is 18.0 Å². The van der Waals surface area contributed by atoms with Gasteiger partial charge in [0.25, 0.3) is 0 Å². The highest BCUT2D eigenvalue weighted by atomic mass is 15.3. The third-order valence-electron chi connectivity index (χ3n) is 3.79. The summed E-state index contributed by atoms with van der Waals surface area (Å²) in [5, 5.41) is 8.24. The smallest absolute Gasteiger partial charge is 0.0627 e. The fraction of sp³-hybridized carbons (Fsp3) is 0.800. The van der Waals surface area contributed by atoms with Crippen LogP contribution in [0.2, 0.25) is 0 Å². The van der Waals surface area contributed by atoms with Gasteiger partial charge in [0.15, 0.2) is 0 Å². The Kier molecular flexibility index (Phi) is 4.81. The first-order valence-corrected chi connectivity index (χ1v) is 7.42. The van der Waals surface area contributed by atoms with Gasteiger partial charge in [0.05, 0.1) is 11.7 Å². The van der Waals surface area contributed by atoms with Crippen LogP contribution in [0, 0.1) is 5.92 Å². The summed E-state index contributed by atoms with van der Waals surface area (Å²) in [5.74, 6) is 0.652. The van der Waals surface area contributed by atoms with Crippen molar-refractivity contribution in [3.63, 3.8) is 0 Å². The Hall–Kier alpha value is -0.830. The summed E-state index contributed by atoms with van der Waals surface area (Å²) in [7, 11) is 0. The Bertz CT molecular complexity index is 350. The molecule has 1 unspecified atom stereocenters. The van der Waals surface area contributed by atoms with Gasteiger partial charge in [-0.25, -0.2) is 0 Å². The number of nitrogens with zero attached hydrogens (tertiary/aromatic N) is 2. The van der Waals surface area contributed by atoms with Crippen LogP contribution in [0.15, 0.2) is 12.3 Å². The van der Waals surface area contributed by atoms with Gasteiger partial charge >= 0.3 is 0 Å². The molecular formula is C15H27N3. The Morgan fingerprint density at radius 2 is 2.06 bits per heavy atom. The van der Waals surface area contributed by atoms with Crippen molar-refractivity contribution in [2.75, 3.05) is 6.54 Å². The van der Waals surface area contributed by atoms with Gasteiger partial charge in [-0.15, -0.1) is 0 Å². The molecule has 1 fully saturated rings. The highest BCUT2D eigenvalue weighted by molar-refractivity contribution is 5.01. The molecular weight excluding hydrogens is 222 g/mol. The summed E-state index contributed by atoms with van der Waals surface area (Å²) < 4.78 is 2.20. The maximum atomic E-state index is 4.75. The van der Waals surface area contributed by atoms with Crippen LogP contribution in [0.25, 0.3) is 0 Å². The van der Waals surface area contributed by atoms with Crippen LogP contribution in [0.5, 0.6) is 0 Å². The van der Waals surface area contributed by atoms with Crippen molar-refractivity contribution in [1.29, 1.82) is 0 Å². The third-order valence-corrected chi connectivity index (χ3v) is 3.79. The van der Waals surface area contributed by atoms with Crippen LogP contribution in [-0.2, 0) is 6.42 Å². The SMILES string of the molecule is CC(CNC(C)C)Cc1ccn(C2CCCC2)n1. The van der Waals surface area contributed by atoms with Crippen molar-refractivity contribution >= 4 is 0 Å². The second-order valence-corrected chi connectivity index (χ2v) is 6.10. The zero-order valence-electron chi connectivity index (χ0n) is 12.0. The molecule has 0 amide bonds. The van der Waals surface area contributed by atoms with Gasteiger partial charge in [-0.05, 0) is 37.8 Å². The molecule has 3 nitrogen and oxygen atoms in total. The lowest BCUT2D eigenvalue weighted by Gasteiger charge is -2.14. The average Bonchev–Trinajstić information content (AvgIpc) is 2.95. The van der Waals surface area contributed by atoms with Gasteiger partial charge in [-0.3, -0.25) is 4.68 Å². The van der Waals surface area contributed by atoms with Crippen LogP contribution in [0.1, 0.15) is 58.2 Å². The second kappa shape index (κ2) is 6.37. The fourth-order valence-corrected chi connectivity index (χ4v) is 2.72. The van der Waals surface area contributed by atoms with E-state index in [-0.39, 0.29) is 0 Å². The maximum Gasteiger partial charge on any atom is 0.0627 e. The monoisotopic (exact) mass is 249 g/mol. The molecule has 1 N–H and O–H groups in total. The fourth-order valence-electron chi connectivity index (χ4n) is 2.72. The van der Waals surface area contributed by atoms with E-state index in [4.69, 9.17) is 5.10 Å². The van der Waals surface area contributed by atoms with Gasteiger partial charge in [0.1, 0.15) is 0 Å². The van der Waals surface area contributed by atoms with Crippen LogP contribution in [-0.4, -0.2) is 22.4 Å². The number of hydrogen-bond acceptors (Lipinski definition) is 2.